The Hall–Kier alpha value is -0.730. The Balaban J connectivity index is 2.13. The molecule has 0 radical (unpaired) electrons. The van der Waals surface area contributed by atoms with Gasteiger partial charge in [-0.05, 0) is 26.0 Å². The number of halogens is 1. The lowest BCUT2D eigenvalue weighted by Gasteiger charge is -2.21. The van der Waals surface area contributed by atoms with Crippen LogP contribution in [0.1, 0.15) is 25.8 Å². The fourth-order valence-corrected chi connectivity index (χ4v) is 2.21. The summed E-state index contributed by atoms with van der Waals surface area (Å²) in [5, 5.41) is 10.5. The van der Waals surface area contributed by atoms with Crippen LogP contribution in [-0.4, -0.2) is 16.8 Å². The lowest BCUT2D eigenvalue weighted by atomic mass is 9.98. The molecule has 15 heavy (non-hydrogen) atoms. The van der Waals surface area contributed by atoms with Gasteiger partial charge in [-0.1, -0.05) is 17.7 Å². The van der Waals surface area contributed by atoms with Gasteiger partial charge in [-0.2, -0.15) is 0 Å². The number of rotatable bonds is 2. The summed E-state index contributed by atoms with van der Waals surface area (Å²) in [6.07, 6.45) is 1.46. The normalized spacial score (nSPS) is 19.9. The monoisotopic (exact) mass is 226 g/mol. The van der Waals surface area contributed by atoms with Crippen LogP contribution in [0.2, 0.25) is 5.02 Å². The molecule has 1 aliphatic heterocycles. The SMILES string of the molecule is CC(C)(O)CC1Cc2c(Cl)cccc2O1. The summed E-state index contributed by atoms with van der Waals surface area (Å²) < 4.78 is 5.72. The highest BCUT2D eigenvalue weighted by Gasteiger charge is 2.29. The molecule has 2 nitrogen and oxygen atoms in total. The highest BCUT2D eigenvalue weighted by Crippen LogP contribution is 2.36. The molecule has 1 aromatic carbocycles. The van der Waals surface area contributed by atoms with Crippen molar-refractivity contribution in [2.24, 2.45) is 0 Å². The molecule has 82 valence electrons. The molecule has 0 spiro atoms. The molecular weight excluding hydrogens is 212 g/mol. The van der Waals surface area contributed by atoms with Gasteiger partial charge in [0, 0.05) is 23.4 Å². The third-order valence-corrected chi connectivity index (χ3v) is 2.88. The van der Waals surface area contributed by atoms with E-state index < -0.39 is 5.60 Å². The molecule has 0 saturated carbocycles. The summed E-state index contributed by atoms with van der Waals surface area (Å²) in [5.74, 6) is 0.858. The number of ether oxygens (including phenoxy) is 1. The van der Waals surface area contributed by atoms with Gasteiger partial charge in [-0.15, -0.1) is 0 Å². The van der Waals surface area contributed by atoms with Crippen LogP contribution >= 0.6 is 11.6 Å². The molecule has 0 amide bonds. The second-order valence-corrected chi connectivity index (χ2v) is 5.08. The lowest BCUT2D eigenvalue weighted by Crippen LogP contribution is -2.28. The average molecular weight is 227 g/mol. The van der Waals surface area contributed by atoms with E-state index >= 15 is 0 Å². The number of benzene rings is 1. The van der Waals surface area contributed by atoms with Crippen molar-refractivity contribution in [1.82, 2.24) is 0 Å². The van der Waals surface area contributed by atoms with E-state index in [0.29, 0.717) is 6.42 Å². The zero-order valence-corrected chi connectivity index (χ0v) is 9.71. The first-order valence-electron chi connectivity index (χ1n) is 5.12. The molecule has 1 unspecified atom stereocenters. The van der Waals surface area contributed by atoms with Gasteiger partial charge < -0.3 is 9.84 Å². The highest BCUT2D eigenvalue weighted by atomic mass is 35.5. The first kappa shape index (κ1) is 10.8. The Morgan fingerprint density at radius 2 is 2.27 bits per heavy atom. The molecule has 1 aliphatic rings. The van der Waals surface area contributed by atoms with E-state index in [1.54, 1.807) is 13.8 Å². The van der Waals surface area contributed by atoms with Crippen molar-refractivity contribution in [3.63, 3.8) is 0 Å². The molecule has 0 saturated heterocycles. The predicted molar refractivity (Wildman–Crippen MR) is 60.5 cm³/mol. The zero-order valence-electron chi connectivity index (χ0n) is 8.96. The smallest absolute Gasteiger partial charge is 0.124 e. The lowest BCUT2D eigenvalue weighted by molar-refractivity contribution is 0.0333. The maximum absolute atomic E-state index is 9.71. The molecule has 0 bridgehead atoms. The molecule has 1 heterocycles. The van der Waals surface area contributed by atoms with Crippen molar-refractivity contribution in [2.75, 3.05) is 0 Å². The third-order valence-electron chi connectivity index (χ3n) is 2.53. The number of hydrogen-bond acceptors (Lipinski definition) is 2. The van der Waals surface area contributed by atoms with Crippen molar-refractivity contribution >= 4 is 11.6 Å². The second-order valence-electron chi connectivity index (χ2n) is 4.68. The minimum atomic E-state index is -0.695. The van der Waals surface area contributed by atoms with E-state index in [-0.39, 0.29) is 6.10 Å². The van der Waals surface area contributed by atoms with Gasteiger partial charge in [-0.3, -0.25) is 0 Å². The number of aliphatic hydroxyl groups is 1. The zero-order chi connectivity index (χ0) is 11.1. The molecule has 0 fully saturated rings. The molecule has 1 aromatic rings. The maximum Gasteiger partial charge on any atom is 0.124 e. The van der Waals surface area contributed by atoms with Crippen LogP contribution in [0.15, 0.2) is 18.2 Å². The first-order valence-corrected chi connectivity index (χ1v) is 5.50. The van der Waals surface area contributed by atoms with Crippen molar-refractivity contribution in [1.29, 1.82) is 0 Å². The third kappa shape index (κ3) is 2.44. The maximum atomic E-state index is 9.71. The van der Waals surface area contributed by atoms with E-state index in [2.05, 4.69) is 0 Å². The quantitative estimate of drug-likeness (QED) is 0.841. The topological polar surface area (TPSA) is 29.5 Å². The molecule has 0 aliphatic carbocycles. The molecule has 0 aromatic heterocycles. The molecular formula is C12H15ClO2. The van der Waals surface area contributed by atoms with E-state index in [4.69, 9.17) is 16.3 Å². The van der Waals surface area contributed by atoms with Gasteiger partial charge in [0.25, 0.3) is 0 Å². The molecule has 1 N–H and O–H groups in total. The minimum Gasteiger partial charge on any atom is -0.490 e. The van der Waals surface area contributed by atoms with Gasteiger partial charge in [0.1, 0.15) is 11.9 Å². The Labute approximate surface area is 94.8 Å². The van der Waals surface area contributed by atoms with Crippen LogP contribution in [0.4, 0.5) is 0 Å². The first-order chi connectivity index (χ1) is 6.96. The summed E-state index contributed by atoms with van der Waals surface area (Å²) in [6, 6.07) is 5.68. The highest BCUT2D eigenvalue weighted by molar-refractivity contribution is 6.31. The van der Waals surface area contributed by atoms with Crippen LogP contribution in [0.25, 0.3) is 0 Å². The molecule has 3 heteroatoms. The summed E-state index contributed by atoms with van der Waals surface area (Å²) >= 11 is 6.06. The van der Waals surface area contributed by atoms with Gasteiger partial charge in [0.2, 0.25) is 0 Å². The van der Waals surface area contributed by atoms with Crippen LogP contribution in [0, 0.1) is 0 Å². The Morgan fingerprint density at radius 3 is 2.87 bits per heavy atom. The van der Waals surface area contributed by atoms with E-state index in [0.717, 1.165) is 22.8 Å². The van der Waals surface area contributed by atoms with Gasteiger partial charge in [-0.25, -0.2) is 0 Å². The fourth-order valence-electron chi connectivity index (χ4n) is 1.97. The van der Waals surface area contributed by atoms with E-state index in [1.807, 2.05) is 18.2 Å². The average Bonchev–Trinajstić information content (AvgIpc) is 2.45. The summed E-state index contributed by atoms with van der Waals surface area (Å²) in [5.41, 5.74) is 0.368. The van der Waals surface area contributed by atoms with Crippen LogP contribution in [0.5, 0.6) is 5.75 Å². The fraction of sp³-hybridized carbons (Fsp3) is 0.500. The summed E-state index contributed by atoms with van der Waals surface area (Å²) in [4.78, 5) is 0. The van der Waals surface area contributed by atoms with Crippen molar-refractivity contribution in [3.8, 4) is 5.75 Å². The minimum absolute atomic E-state index is 0.0416. The molecule has 1 atom stereocenters. The Bertz CT molecular complexity index is 368. The van der Waals surface area contributed by atoms with Gasteiger partial charge in [0.05, 0.1) is 5.60 Å². The van der Waals surface area contributed by atoms with Gasteiger partial charge >= 0.3 is 0 Å². The number of hydrogen-bond donors (Lipinski definition) is 1. The Kier molecular flexibility index (Phi) is 2.65. The standard InChI is InChI=1S/C12H15ClO2/c1-12(2,14)7-8-6-9-10(13)4-3-5-11(9)15-8/h3-5,8,14H,6-7H2,1-2H3. The largest absolute Gasteiger partial charge is 0.490 e. The van der Waals surface area contributed by atoms with Crippen LogP contribution < -0.4 is 4.74 Å². The number of fused-ring (bicyclic) bond motifs is 1. The van der Waals surface area contributed by atoms with E-state index in [9.17, 15) is 5.11 Å². The Morgan fingerprint density at radius 1 is 1.53 bits per heavy atom. The van der Waals surface area contributed by atoms with Crippen molar-refractivity contribution in [3.05, 3.63) is 28.8 Å². The van der Waals surface area contributed by atoms with Gasteiger partial charge in [0.15, 0.2) is 0 Å². The van der Waals surface area contributed by atoms with Crippen LogP contribution in [0.3, 0.4) is 0 Å². The van der Waals surface area contributed by atoms with Crippen molar-refractivity contribution < 1.29 is 9.84 Å². The predicted octanol–water partition coefficient (Wildman–Crippen LogP) is 2.80. The molecule has 2 rings (SSSR count). The van der Waals surface area contributed by atoms with Crippen LogP contribution in [-0.2, 0) is 6.42 Å². The van der Waals surface area contributed by atoms with Crippen molar-refractivity contribution in [2.45, 2.75) is 38.4 Å². The van der Waals surface area contributed by atoms with E-state index in [1.165, 1.54) is 0 Å². The second kappa shape index (κ2) is 3.69. The summed E-state index contributed by atoms with van der Waals surface area (Å²) in [6.45, 7) is 3.59. The summed E-state index contributed by atoms with van der Waals surface area (Å²) in [7, 11) is 0.